The highest BCUT2D eigenvalue weighted by atomic mass is 32.2. The number of aromatic amines is 1. The van der Waals surface area contributed by atoms with Gasteiger partial charge in [-0.3, -0.25) is 0 Å². The van der Waals surface area contributed by atoms with E-state index in [2.05, 4.69) is 32.4 Å². The molecule has 4 aromatic rings. The number of imidazole rings is 1. The molecule has 1 fully saturated rings. The molecule has 176 valence electrons. The van der Waals surface area contributed by atoms with Crippen molar-refractivity contribution in [2.75, 3.05) is 19.6 Å². The fourth-order valence-corrected chi connectivity index (χ4v) is 6.33. The second-order valence-corrected chi connectivity index (χ2v) is 10.7. The first kappa shape index (κ1) is 22.6. The number of hydrogen-bond donors (Lipinski definition) is 1. The van der Waals surface area contributed by atoms with Crippen molar-refractivity contribution in [2.24, 2.45) is 0 Å². The zero-order valence-electron chi connectivity index (χ0n) is 19.2. The molecule has 0 radical (unpaired) electrons. The normalized spacial score (nSPS) is 15.8. The number of nitrogens with zero attached hydrogens (tertiary/aromatic N) is 5. The van der Waals surface area contributed by atoms with Crippen LogP contribution < -0.4 is 0 Å². The average molecular weight is 477 g/mol. The predicted octanol–water partition coefficient (Wildman–Crippen LogP) is 4.25. The highest BCUT2D eigenvalue weighted by Gasteiger charge is 2.31. The Hall–Kier alpha value is -3.22. The van der Waals surface area contributed by atoms with Gasteiger partial charge in [0, 0.05) is 50.1 Å². The summed E-state index contributed by atoms with van der Waals surface area (Å²) in [6, 6.07) is 12.8. The molecule has 0 unspecified atom stereocenters. The topological polar surface area (TPSA) is 108 Å². The second-order valence-electron chi connectivity index (χ2n) is 8.80. The first-order chi connectivity index (χ1) is 16.5. The van der Waals surface area contributed by atoms with E-state index in [4.69, 9.17) is 10.2 Å². The quantitative estimate of drug-likeness (QED) is 0.427. The summed E-state index contributed by atoms with van der Waals surface area (Å²) in [5.74, 6) is 0.910. The molecule has 0 atom stereocenters. The number of aromatic nitrogens is 4. The molecular formula is C25H28N6O2S. The molecule has 34 heavy (non-hydrogen) atoms. The van der Waals surface area contributed by atoms with Gasteiger partial charge >= 0.3 is 0 Å². The van der Waals surface area contributed by atoms with Crippen LogP contribution in [0.25, 0.3) is 22.1 Å². The molecule has 0 aliphatic carbocycles. The van der Waals surface area contributed by atoms with Crippen LogP contribution in [0.15, 0.2) is 52.5 Å². The molecule has 4 heterocycles. The third-order valence-electron chi connectivity index (χ3n) is 6.62. The van der Waals surface area contributed by atoms with Crippen molar-refractivity contribution in [3.63, 3.8) is 0 Å². The van der Waals surface area contributed by atoms with Crippen LogP contribution in [0.2, 0.25) is 0 Å². The number of H-pyrrole nitrogens is 1. The van der Waals surface area contributed by atoms with Crippen LogP contribution in [0.1, 0.15) is 44.5 Å². The van der Waals surface area contributed by atoms with Crippen LogP contribution in [0.5, 0.6) is 0 Å². The van der Waals surface area contributed by atoms with E-state index in [0.29, 0.717) is 17.6 Å². The molecule has 8 nitrogen and oxygen atoms in total. The van der Waals surface area contributed by atoms with E-state index in [1.54, 1.807) is 36.5 Å². The van der Waals surface area contributed by atoms with Gasteiger partial charge in [0.05, 0.1) is 16.5 Å². The summed E-state index contributed by atoms with van der Waals surface area (Å²) in [4.78, 5) is 15.1. The van der Waals surface area contributed by atoms with E-state index in [-0.39, 0.29) is 16.0 Å². The number of sulfone groups is 1. The minimum Gasteiger partial charge on any atom is -0.346 e. The summed E-state index contributed by atoms with van der Waals surface area (Å²) < 4.78 is 29.6. The van der Waals surface area contributed by atoms with E-state index in [9.17, 15) is 8.42 Å². The summed E-state index contributed by atoms with van der Waals surface area (Å²) in [5, 5.41) is 9.82. The maximum absolute atomic E-state index is 13.7. The van der Waals surface area contributed by atoms with Crippen molar-refractivity contribution in [2.45, 2.75) is 55.0 Å². The number of rotatable bonds is 7. The largest absolute Gasteiger partial charge is 0.346 e. The third-order valence-corrected chi connectivity index (χ3v) is 8.31. The van der Waals surface area contributed by atoms with Gasteiger partial charge in [0.2, 0.25) is 9.84 Å². The summed E-state index contributed by atoms with van der Waals surface area (Å²) in [7, 11) is -3.85. The molecule has 1 aromatic carbocycles. The standard InChI is InChI=1S/C25H28N6O2S/c1-2-7-21-28-22-23(31(21)18-11-16-30(17-12-18)15-6-13-26)20-10-14-27-24(20)29-25(22)34(32,33)19-8-4-3-5-9-19/h3-5,8-10,14,18H,2,6-7,11-12,15-17H2,1H3,(H,27,29). The van der Waals surface area contributed by atoms with Crippen LogP contribution >= 0.6 is 0 Å². The first-order valence-corrected chi connectivity index (χ1v) is 13.3. The number of fused-ring (bicyclic) bond motifs is 3. The molecule has 0 spiro atoms. The van der Waals surface area contributed by atoms with E-state index >= 15 is 0 Å². The Kier molecular flexibility index (Phi) is 6.11. The van der Waals surface area contributed by atoms with Crippen LogP contribution in [0.3, 0.4) is 0 Å². The number of piperidine rings is 1. The first-order valence-electron chi connectivity index (χ1n) is 11.8. The Balaban J connectivity index is 1.68. The summed E-state index contributed by atoms with van der Waals surface area (Å²) in [6.45, 7) is 4.73. The highest BCUT2D eigenvalue weighted by Crippen LogP contribution is 2.36. The Bertz CT molecular complexity index is 1460. The number of hydrogen-bond acceptors (Lipinski definition) is 6. The molecule has 1 saturated heterocycles. The average Bonchev–Trinajstić information content (AvgIpc) is 3.47. The molecular weight excluding hydrogens is 448 g/mol. The number of likely N-dealkylation sites (tertiary alicyclic amines) is 1. The van der Waals surface area contributed by atoms with E-state index in [1.165, 1.54) is 0 Å². The van der Waals surface area contributed by atoms with Gasteiger partial charge in [-0.05, 0) is 37.5 Å². The van der Waals surface area contributed by atoms with Crippen LogP contribution in [-0.4, -0.2) is 52.5 Å². The van der Waals surface area contributed by atoms with Crippen molar-refractivity contribution in [1.29, 1.82) is 5.26 Å². The van der Waals surface area contributed by atoms with Crippen molar-refractivity contribution >= 4 is 31.9 Å². The zero-order valence-corrected chi connectivity index (χ0v) is 20.1. The van der Waals surface area contributed by atoms with Gasteiger partial charge in [0.15, 0.2) is 5.03 Å². The van der Waals surface area contributed by atoms with Crippen molar-refractivity contribution < 1.29 is 8.42 Å². The smallest absolute Gasteiger partial charge is 0.226 e. The summed E-state index contributed by atoms with van der Waals surface area (Å²) in [6.07, 6.45) is 5.88. The Morgan fingerprint density at radius 3 is 2.62 bits per heavy atom. The molecule has 0 amide bonds. The zero-order chi connectivity index (χ0) is 23.7. The lowest BCUT2D eigenvalue weighted by molar-refractivity contribution is 0.190. The molecule has 5 rings (SSSR count). The van der Waals surface area contributed by atoms with Gasteiger partial charge in [0.1, 0.15) is 17.0 Å². The van der Waals surface area contributed by atoms with E-state index in [0.717, 1.165) is 62.0 Å². The number of pyridine rings is 1. The molecule has 0 saturated carbocycles. The lowest BCUT2D eigenvalue weighted by Crippen LogP contribution is -2.35. The van der Waals surface area contributed by atoms with Crippen LogP contribution in [0, 0.1) is 11.3 Å². The molecule has 1 N–H and O–H groups in total. The maximum Gasteiger partial charge on any atom is 0.226 e. The number of aryl methyl sites for hydroxylation is 1. The molecule has 3 aromatic heterocycles. The van der Waals surface area contributed by atoms with Crippen LogP contribution in [-0.2, 0) is 16.3 Å². The fourth-order valence-electron chi connectivity index (χ4n) is 4.99. The fraction of sp³-hybridized carbons (Fsp3) is 0.400. The SMILES string of the molecule is CCCc1nc2c(S(=O)(=O)c3ccccc3)nc3[nH]ccc3c2n1C1CCN(CCC#N)CC1. The second kappa shape index (κ2) is 9.20. The monoisotopic (exact) mass is 476 g/mol. The van der Waals surface area contributed by atoms with Crippen molar-refractivity contribution in [3.05, 3.63) is 48.4 Å². The molecule has 1 aliphatic heterocycles. The summed E-state index contributed by atoms with van der Waals surface area (Å²) >= 11 is 0. The minimum atomic E-state index is -3.85. The molecule has 1 aliphatic rings. The lowest BCUT2D eigenvalue weighted by Gasteiger charge is -2.33. The third kappa shape index (κ3) is 3.87. The minimum absolute atomic E-state index is 0.00575. The highest BCUT2D eigenvalue weighted by molar-refractivity contribution is 7.91. The predicted molar refractivity (Wildman–Crippen MR) is 130 cm³/mol. The number of nitriles is 1. The Labute approximate surface area is 199 Å². The van der Waals surface area contributed by atoms with Gasteiger partial charge in [0.25, 0.3) is 0 Å². The van der Waals surface area contributed by atoms with Gasteiger partial charge in [-0.25, -0.2) is 18.4 Å². The van der Waals surface area contributed by atoms with Crippen molar-refractivity contribution in [3.8, 4) is 6.07 Å². The lowest BCUT2D eigenvalue weighted by atomic mass is 10.0. The Morgan fingerprint density at radius 2 is 1.91 bits per heavy atom. The molecule has 0 bridgehead atoms. The number of benzene rings is 1. The Morgan fingerprint density at radius 1 is 1.15 bits per heavy atom. The van der Waals surface area contributed by atoms with Gasteiger partial charge < -0.3 is 14.5 Å². The maximum atomic E-state index is 13.7. The van der Waals surface area contributed by atoms with Gasteiger partial charge in [-0.2, -0.15) is 5.26 Å². The van der Waals surface area contributed by atoms with E-state index in [1.807, 2.05) is 6.07 Å². The van der Waals surface area contributed by atoms with Gasteiger partial charge in [-0.1, -0.05) is 25.1 Å². The number of nitrogens with one attached hydrogen (secondary N) is 1. The van der Waals surface area contributed by atoms with Crippen molar-refractivity contribution in [1.82, 2.24) is 24.4 Å². The van der Waals surface area contributed by atoms with Gasteiger partial charge in [-0.15, -0.1) is 0 Å². The molecule has 9 heteroatoms. The van der Waals surface area contributed by atoms with Crippen LogP contribution in [0.4, 0.5) is 0 Å². The summed E-state index contributed by atoms with van der Waals surface area (Å²) in [5.41, 5.74) is 1.85. The van der Waals surface area contributed by atoms with E-state index < -0.39 is 9.84 Å².